The van der Waals surface area contributed by atoms with Gasteiger partial charge in [0.1, 0.15) is 6.10 Å². The minimum Gasteiger partial charge on any atom is -0.368 e. The Morgan fingerprint density at radius 2 is 2.31 bits per heavy atom. The predicted octanol–water partition coefficient (Wildman–Crippen LogP) is 0.932. The van der Waals surface area contributed by atoms with E-state index in [1.54, 1.807) is 0 Å². The molecule has 0 aliphatic carbocycles. The quantitative estimate of drug-likeness (QED) is 0.655. The molecule has 0 radical (unpaired) electrons. The number of Topliss-reactive ketones (excluding diaryl/α,β-unsaturated/α-hetero) is 1. The van der Waals surface area contributed by atoms with Gasteiger partial charge in [0.15, 0.2) is 5.78 Å². The second-order valence-electron chi connectivity index (χ2n) is 4.19. The van der Waals surface area contributed by atoms with Crippen molar-refractivity contribution < 1.29 is 9.53 Å². The topological polar surface area (TPSA) is 29.5 Å². The van der Waals surface area contributed by atoms with Crippen LogP contribution in [0.4, 0.5) is 0 Å². The van der Waals surface area contributed by atoms with Crippen molar-refractivity contribution in [1.29, 1.82) is 0 Å². The zero-order chi connectivity index (χ0) is 9.84. The van der Waals surface area contributed by atoms with E-state index in [2.05, 4.69) is 18.7 Å². The molecule has 0 saturated carbocycles. The van der Waals surface area contributed by atoms with E-state index in [1.807, 2.05) is 7.05 Å². The van der Waals surface area contributed by atoms with Crippen LogP contribution < -0.4 is 0 Å². The largest absolute Gasteiger partial charge is 0.368 e. The summed E-state index contributed by atoms with van der Waals surface area (Å²) in [7, 11) is 2.03. The SMILES string of the molecule is CC(C)CC(=O)C1CN(C)CCO1. The van der Waals surface area contributed by atoms with Crippen molar-refractivity contribution in [2.75, 3.05) is 26.7 Å². The number of rotatable bonds is 3. The van der Waals surface area contributed by atoms with Crippen LogP contribution in [0.25, 0.3) is 0 Å². The molecule has 1 atom stereocenters. The third kappa shape index (κ3) is 3.44. The highest BCUT2D eigenvalue weighted by atomic mass is 16.5. The van der Waals surface area contributed by atoms with Crippen molar-refractivity contribution in [1.82, 2.24) is 4.90 Å². The summed E-state index contributed by atoms with van der Waals surface area (Å²) in [5, 5.41) is 0. The highest BCUT2D eigenvalue weighted by Crippen LogP contribution is 2.09. The molecule has 13 heavy (non-hydrogen) atoms. The van der Waals surface area contributed by atoms with Gasteiger partial charge in [-0.05, 0) is 13.0 Å². The summed E-state index contributed by atoms with van der Waals surface area (Å²) in [5.41, 5.74) is 0. The molecule has 0 bridgehead atoms. The molecule has 0 amide bonds. The smallest absolute Gasteiger partial charge is 0.163 e. The number of morpholine rings is 1. The van der Waals surface area contributed by atoms with Gasteiger partial charge >= 0.3 is 0 Å². The summed E-state index contributed by atoms with van der Waals surface area (Å²) in [6.45, 7) is 6.50. The molecule has 1 unspecified atom stereocenters. The van der Waals surface area contributed by atoms with E-state index in [0.29, 0.717) is 18.9 Å². The Bertz CT molecular complexity index is 180. The zero-order valence-electron chi connectivity index (χ0n) is 8.75. The average Bonchev–Trinajstić information content (AvgIpc) is 2.03. The summed E-state index contributed by atoms with van der Waals surface area (Å²) in [6.07, 6.45) is 0.458. The standard InChI is InChI=1S/C10H19NO2/c1-8(2)6-9(12)10-7-11(3)4-5-13-10/h8,10H,4-7H2,1-3H3. The molecule has 0 N–H and O–H groups in total. The highest BCUT2D eigenvalue weighted by Gasteiger charge is 2.24. The zero-order valence-corrected chi connectivity index (χ0v) is 8.75. The maximum absolute atomic E-state index is 11.6. The molecule has 1 aliphatic heterocycles. The van der Waals surface area contributed by atoms with Crippen LogP contribution in [-0.2, 0) is 9.53 Å². The average molecular weight is 185 g/mol. The lowest BCUT2D eigenvalue weighted by Crippen LogP contribution is -2.44. The van der Waals surface area contributed by atoms with Crippen LogP contribution in [0.3, 0.4) is 0 Å². The van der Waals surface area contributed by atoms with Crippen LogP contribution in [0.2, 0.25) is 0 Å². The van der Waals surface area contributed by atoms with Crippen molar-refractivity contribution in [2.24, 2.45) is 5.92 Å². The second kappa shape index (κ2) is 4.72. The number of ketones is 1. The maximum Gasteiger partial charge on any atom is 0.163 e. The molecule has 1 rings (SSSR count). The summed E-state index contributed by atoms with van der Waals surface area (Å²) >= 11 is 0. The van der Waals surface area contributed by atoms with E-state index in [1.165, 1.54) is 0 Å². The fraction of sp³-hybridized carbons (Fsp3) is 0.900. The molecule has 1 fully saturated rings. The van der Waals surface area contributed by atoms with E-state index >= 15 is 0 Å². The molecule has 1 saturated heterocycles. The highest BCUT2D eigenvalue weighted by molar-refractivity contribution is 5.83. The molecular formula is C10H19NO2. The molecule has 0 aromatic rings. The lowest BCUT2D eigenvalue weighted by molar-refractivity contribution is -0.136. The number of nitrogens with zero attached hydrogens (tertiary/aromatic N) is 1. The van der Waals surface area contributed by atoms with Crippen molar-refractivity contribution in [3.8, 4) is 0 Å². The Labute approximate surface area is 80.1 Å². The van der Waals surface area contributed by atoms with Gasteiger partial charge in [-0.15, -0.1) is 0 Å². The van der Waals surface area contributed by atoms with Gasteiger partial charge < -0.3 is 9.64 Å². The fourth-order valence-corrected chi connectivity index (χ4v) is 1.51. The van der Waals surface area contributed by atoms with Crippen LogP contribution >= 0.6 is 0 Å². The Balaban J connectivity index is 2.37. The monoisotopic (exact) mass is 185 g/mol. The first kappa shape index (κ1) is 10.7. The number of hydrogen-bond acceptors (Lipinski definition) is 3. The molecule has 0 aromatic carbocycles. The Morgan fingerprint density at radius 3 is 2.85 bits per heavy atom. The van der Waals surface area contributed by atoms with E-state index in [4.69, 9.17) is 4.74 Å². The molecule has 1 heterocycles. The normalized spacial score (nSPS) is 25.1. The molecule has 1 aliphatic rings. The predicted molar refractivity (Wildman–Crippen MR) is 51.7 cm³/mol. The minimum absolute atomic E-state index is 0.179. The number of carbonyl (C=O) groups is 1. The maximum atomic E-state index is 11.6. The molecule has 3 nitrogen and oxygen atoms in total. The van der Waals surface area contributed by atoms with Crippen LogP contribution in [0, 0.1) is 5.92 Å². The molecule has 3 heteroatoms. The van der Waals surface area contributed by atoms with Gasteiger partial charge in [0.2, 0.25) is 0 Å². The van der Waals surface area contributed by atoms with Gasteiger partial charge in [-0.2, -0.15) is 0 Å². The van der Waals surface area contributed by atoms with Crippen LogP contribution in [0.1, 0.15) is 20.3 Å². The first-order valence-corrected chi connectivity index (χ1v) is 4.92. The Morgan fingerprint density at radius 1 is 1.62 bits per heavy atom. The lowest BCUT2D eigenvalue weighted by atomic mass is 10.0. The first-order valence-electron chi connectivity index (χ1n) is 4.92. The van der Waals surface area contributed by atoms with Gasteiger partial charge in [0.25, 0.3) is 0 Å². The van der Waals surface area contributed by atoms with Gasteiger partial charge in [-0.1, -0.05) is 13.8 Å². The summed E-state index contributed by atoms with van der Waals surface area (Å²) < 4.78 is 5.42. The van der Waals surface area contributed by atoms with Gasteiger partial charge in [0, 0.05) is 19.5 Å². The Kier molecular flexibility index (Phi) is 3.88. The third-order valence-corrected chi connectivity index (χ3v) is 2.24. The van der Waals surface area contributed by atoms with Gasteiger partial charge in [-0.3, -0.25) is 4.79 Å². The molecule has 0 aromatic heterocycles. The van der Waals surface area contributed by atoms with Crippen LogP contribution in [0.5, 0.6) is 0 Å². The van der Waals surface area contributed by atoms with Crippen LogP contribution in [0.15, 0.2) is 0 Å². The number of likely N-dealkylation sites (N-methyl/N-ethyl adjacent to an activating group) is 1. The summed E-state index contributed by atoms with van der Waals surface area (Å²) in [5.74, 6) is 0.685. The number of hydrogen-bond donors (Lipinski definition) is 0. The van der Waals surface area contributed by atoms with Gasteiger partial charge in [-0.25, -0.2) is 0 Å². The minimum atomic E-state index is -0.179. The van der Waals surface area contributed by atoms with Gasteiger partial charge in [0.05, 0.1) is 6.61 Å². The molecule has 0 spiro atoms. The van der Waals surface area contributed by atoms with Crippen molar-refractivity contribution in [3.63, 3.8) is 0 Å². The van der Waals surface area contributed by atoms with E-state index < -0.39 is 0 Å². The van der Waals surface area contributed by atoms with Crippen molar-refractivity contribution in [3.05, 3.63) is 0 Å². The molecular weight excluding hydrogens is 166 g/mol. The fourth-order valence-electron chi connectivity index (χ4n) is 1.51. The lowest BCUT2D eigenvalue weighted by Gasteiger charge is -2.29. The number of ether oxygens (including phenoxy) is 1. The Hall–Kier alpha value is -0.410. The summed E-state index contributed by atoms with van der Waals surface area (Å²) in [6, 6.07) is 0. The molecule has 76 valence electrons. The van der Waals surface area contributed by atoms with E-state index in [-0.39, 0.29) is 11.9 Å². The summed E-state index contributed by atoms with van der Waals surface area (Å²) in [4.78, 5) is 13.7. The second-order valence-corrected chi connectivity index (χ2v) is 4.19. The van der Waals surface area contributed by atoms with Crippen molar-refractivity contribution in [2.45, 2.75) is 26.4 Å². The number of carbonyl (C=O) groups excluding carboxylic acids is 1. The van der Waals surface area contributed by atoms with Crippen LogP contribution in [-0.4, -0.2) is 43.5 Å². The van der Waals surface area contributed by atoms with E-state index in [9.17, 15) is 4.79 Å². The third-order valence-electron chi connectivity index (χ3n) is 2.24. The first-order chi connectivity index (χ1) is 6.09. The van der Waals surface area contributed by atoms with Crippen molar-refractivity contribution >= 4 is 5.78 Å². The van der Waals surface area contributed by atoms with E-state index in [0.717, 1.165) is 13.1 Å².